The van der Waals surface area contributed by atoms with Gasteiger partial charge < -0.3 is 10.4 Å². The van der Waals surface area contributed by atoms with Gasteiger partial charge in [-0.1, -0.05) is 42.3 Å². The van der Waals surface area contributed by atoms with Crippen LogP contribution < -0.4 is 5.32 Å². The lowest BCUT2D eigenvalue weighted by Gasteiger charge is -2.30. The molecule has 1 atom stereocenters. The Morgan fingerprint density at radius 1 is 1.24 bits per heavy atom. The van der Waals surface area contributed by atoms with Crippen LogP contribution in [0, 0.1) is 18.3 Å². The Balaban J connectivity index is 1.52. The van der Waals surface area contributed by atoms with Crippen molar-refractivity contribution in [3.8, 4) is 12.3 Å². The zero-order valence-electron chi connectivity index (χ0n) is 14.3. The highest BCUT2D eigenvalue weighted by Crippen LogP contribution is 2.21. The zero-order chi connectivity index (χ0) is 17.6. The van der Waals surface area contributed by atoms with Gasteiger partial charge in [-0.25, -0.2) is 0 Å². The first-order chi connectivity index (χ1) is 12.2. The molecule has 4 heteroatoms. The lowest BCUT2D eigenvalue weighted by Crippen LogP contribution is -2.41. The molecule has 0 bridgehead atoms. The lowest BCUT2D eigenvalue weighted by atomic mass is 9.95. The number of aliphatic hydroxyl groups is 1. The molecular formula is C21H24N2O2. The van der Waals surface area contributed by atoms with Crippen molar-refractivity contribution in [2.45, 2.75) is 18.9 Å². The van der Waals surface area contributed by atoms with Crippen molar-refractivity contribution < 1.29 is 9.90 Å². The van der Waals surface area contributed by atoms with E-state index in [1.54, 1.807) is 0 Å². The van der Waals surface area contributed by atoms with E-state index < -0.39 is 6.10 Å². The largest absolute Gasteiger partial charge is 0.387 e. The summed E-state index contributed by atoms with van der Waals surface area (Å²) in [6.07, 6.45) is 6.27. The number of piperidine rings is 1. The van der Waals surface area contributed by atoms with E-state index >= 15 is 0 Å². The van der Waals surface area contributed by atoms with Gasteiger partial charge in [0.1, 0.15) is 0 Å². The second-order valence-corrected chi connectivity index (χ2v) is 6.62. The van der Waals surface area contributed by atoms with Gasteiger partial charge in [0.05, 0.1) is 12.6 Å². The number of likely N-dealkylation sites (tertiary alicyclic amines) is 1. The van der Waals surface area contributed by atoms with E-state index in [2.05, 4.69) is 16.1 Å². The third kappa shape index (κ3) is 4.39. The number of benzene rings is 2. The van der Waals surface area contributed by atoms with E-state index in [1.807, 2.05) is 42.5 Å². The summed E-state index contributed by atoms with van der Waals surface area (Å²) in [6, 6.07) is 13.9. The number of fused-ring (bicyclic) bond motifs is 1. The van der Waals surface area contributed by atoms with Crippen LogP contribution in [0.3, 0.4) is 0 Å². The van der Waals surface area contributed by atoms with Gasteiger partial charge in [-0.05, 0) is 48.3 Å². The predicted octanol–water partition coefficient (Wildman–Crippen LogP) is 2.33. The average Bonchev–Trinajstić information content (AvgIpc) is 2.66. The minimum absolute atomic E-state index is 0.0119. The summed E-state index contributed by atoms with van der Waals surface area (Å²) in [5, 5.41) is 15.5. The topological polar surface area (TPSA) is 52.6 Å². The molecule has 0 saturated carbocycles. The Morgan fingerprint density at radius 3 is 2.68 bits per heavy atom. The number of nitrogens with zero attached hydrogens (tertiary/aromatic N) is 1. The summed E-state index contributed by atoms with van der Waals surface area (Å²) in [5.74, 6) is 2.68. The van der Waals surface area contributed by atoms with E-state index in [0.717, 1.165) is 42.3 Å². The maximum atomic E-state index is 12.3. The molecule has 0 aliphatic carbocycles. The molecule has 4 nitrogen and oxygen atoms in total. The normalized spacial score (nSPS) is 17.1. The van der Waals surface area contributed by atoms with Crippen molar-refractivity contribution in [1.82, 2.24) is 10.2 Å². The molecule has 25 heavy (non-hydrogen) atoms. The Hall–Kier alpha value is -2.35. The number of carbonyl (C=O) groups excluding carboxylic acids is 1. The SMILES string of the molecule is C#CCN1CCC(C(=O)NCC(O)c2ccc3ccccc3c2)CC1. The van der Waals surface area contributed by atoms with Crippen LogP contribution in [0.2, 0.25) is 0 Å². The highest BCUT2D eigenvalue weighted by Gasteiger charge is 2.24. The van der Waals surface area contributed by atoms with Gasteiger partial charge in [0.25, 0.3) is 0 Å². The maximum Gasteiger partial charge on any atom is 0.223 e. The van der Waals surface area contributed by atoms with Crippen LogP contribution in [0.15, 0.2) is 42.5 Å². The molecular weight excluding hydrogens is 312 g/mol. The van der Waals surface area contributed by atoms with Gasteiger partial charge in [-0.3, -0.25) is 9.69 Å². The van der Waals surface area contributed by atoms with Crippen LogP contribution >= 0.6 is 0 Å². The molecule has 1 heterocycles. The monoisotopic (exact) mass is 336 g/mol. The van der Waals surface area contributed by atoms with Crippen molar-refractivity contribution in [3.63, 3.8) is 0 Å². The first-order valence-corrected chi connectivity index (χ1v) is 8.77. The Morgan fingerprint density at radius 2 is 1.96 bits per heavy atom. The second-order valence-electron chi connectivity index (χ2n) is 6.62. The summed E-state index contributed by atoms with van der Waals surface area (Å²) in [7, 11) is 0. The minimum Gasteiger partial charge on any atom is -0.387 e. The molecule has 2 aromatic rings. The van der Waals surface area contributed by atoms with E-state index in [-0.39, 0.29) is 18.4 Å². The van der Waals surface area contributed by atoms with Gasteiger partial charge >= 0.3 is 0 Å². The number of rotatable bonds is 5. The Bertz CT molecular complexity index is 773. The quantitative estimate of drug-likeness (QED) is 0.824. The van der Waals surface area contributed by atoms with E-state index in [0.29, 0.717) is 6.54 Å². The fraction of sp³-hybridized carbons (Fsp3) is 0.381. The summed E-state index contributed by atoms with van der Waals surface area (Å²) in [4.78, 5) is 14.5. The highest BCUT2D eigenvalue weighted by atomic mass is 16.3. The molecule has 0 radical (unpaired) electrons. The second kappa shape index (κ2) is 8.15. The van der Waals surface area contributed by atoms with Crippen molar-refractivity contribution in [3.05, 3.63) is 48.0 Å². The highest BCUT2D eigenvalue weighted by molar-refractivity contribution is 5.83. The summed E-state index contributed by atoms with van der Waals surface area (Å²) < 4.78 is 0. The number of nitrogens with one attached hydrogen (secondary N) is 1. The molecule has 2 aromatic carbocycles. The number of carbonyl (C=O) groups is 1. The van der Waals surface area contributed by atoms with Gasteiger partial charge in [-0.15, -0.1) is 6.42 Å². The first kappa shape index (κ1) is 17.5. The van der Waals surface area contributed by atoms with Gasteiger partial charge in [-0.2, -0.15) is 0 Å². The number of amides is 1. The van der Waals surface area contributed by atoms with E-state index in [4.69, 9.17) is 6.42 Å². The average molecular weight is 336 g/mol. The Labute approximate surface area is 148 Å². The van der Waals surface area contributed by atoms with Gasteiger partial charge in [0.2, 0.25) is 5.91 Å². The molecule has 1 fully saturated rings. The number of hydrogen-bond acceptors (Lipinski definition) is 3. The van der Waals surface area contributed by atoms with Crippen LogP contribution in [0.1, 0.15) is 24.5 Å². The van der Waals surface area contributed by atoms with Crippen LogP contribution in [-0.2, 0) is 4.79 Å². The van der Waals surface area contributed by atoms with Crippen molar-refractivity contribution >= 4 is 16.7 Å². The van der Waals surface area contributed by atoms with Gasteiger partial charge in [0.15, 0.2) is 0 Å². The number of aliphatic hydroxyl groups excluding tert-OH is 1. The molecule has 2 N–H and O–H groups in total. The fourth-order valence-electron chi connectivity index (χ4n) is 3.36. The first-order valence-electron chi connectivity index (χ1n) is 8.77. The van der Waals surface area contributed by atoms with Crippen LogP contribution in [0.4, 0.5) is 0 Å². The maximum absolute atomic E-state index is 12.3. The lowest BCUT2D eigenvalue weighted by molar-refractivity contribution is -0.126. The van der Waals surface area contributed by atoms with E-state index in [1.165, 1.54) is 0 Å². The molecule has 0 spiro atoms. The van der Waals surface area contributed by atoms with Crippen LogP contribution in [0.25, 0.3) is 10.8 Å². The molecule has 0 aromatic heterocycles. The van der Waals surface area contributed by atoms with Crippen molar-refractivity contribution in [2.24, 2.45) is 5.92 Å². The third-order valence-electron chi connectivity index (χ3n) is 4.90. The van der Waals surface area contributed by atoms with Crippen LogP contribution in [-0.4, -0.2) is 42.1 Å². The molecule has 1 aliphatic heterocycles. The van der Waals surface area contributed by atoms with Crippen molar-refractivity contribution in [1.29, 1.82) is 0 Å². The standard InChI is InChI=1S/C21H24N2O2/c1-2-11-23-12-9-17(10-13-23)21(25)22-15-20(24)19-8-7-16-5-3-4-6-18(16)14-19/h1,3-8,14,17,20,24H,9-13,15H2,(H,22,25). The van der Waals surface area contributed by atoms with E-state index in [9.17, 15) is 9.90 Å². The summed E-state index contributed by atoms with van der Waals surface area (Å²) >= 11 is 0. The molecule has 130 valence electrons. The Kier molecular flexibility index (Phi) is 5.70. The summed E-state index contributed by atoms with van der Waals surface area (Å²) in [5.41, 5.74) is 0.822. The zero-order valence-corrected chi connectivity index (χ0v) is 14.3. The third-order valence-corrected chi connectivity index (χ3v) is 4.90. The smallest absolute Gasteiger partial charge is 0.223 e. The molecule has 3 rings (SSSR count). The van der Waals surface area contributed by atoms with Crippen molar-refractivity contribution in [2.75, 3.05) is 26.2 Å². The minimum atomic E-state index is -0.699. The van der Waals surface area contributed by atoms with Crippen LogP contribution in [0.5, 0.6) is 0 Å². The van der Waals surface area contributed by atoms with Gasteiger partial charge in [0, 0.05) is 12.5 Å². The molecule has 1 aliphatic rings. The number of terminal acetylenes is 1. The predicted molar refractivity (Wildman–Crippen MR) is 99.9 cm³/mol. The molecule has 1 saturated heterocycles. The number of hydrogen-bond donors (Lipinski definition) is 2. The molecule has 1 amide bonds. The summed E-state index contributed by atoms with van der Waals surface area (Å²) in [6.45, 7) is 2.60. The molecule has 1 unspecified atom stereocenters. The fourth-order valence-corrected chi connectivity index (χ4v) is 3.36.